The molecule has 0 aliphatic carbocycles. The molecule has 1 aromatic carbocycles. The zero-order chi connectivity index (χ0) is 20.4. The van der Waals surface area contributed by atoms with E-state index in [1.165, 1.54) is 11.8 Å². The van der Waals surface area contributed by atoms with Gasteiger partial charge in [0, 0.05) is 13.2 Å². The number of aliphatic hydroxyl groups excluding tert-OH is 1. The molecule has 0 aliphatic heterocycles. The molecule has 11 nitrogen and oxygen atoms in total. The van der Waals surface area contributed by atoms with E-state index in [0.29, 0.717) is 5.56 Å². The molecule has 146 valence electrons. The maximum atomic E-state index is 12.2. The van der Waals surface area contributed by atoms with Crippen LogP contribution in [0.25, 0.3) is 0 Å². The SMILES string of the molecule is Cc1ccc([C@@H](O)Cn2nnc(Cn3cc(C(N)=O)c(=O)n(C)c3=O)n2)cc1. The van der Waals surface area contributed by atoms with Crippen molar-refractivity contribution in [2.24, 2.45) is 12.8 Å². The Morgan fingerprint density at radius 1 is 1.25 bits per heavy atom. The molecule has 0 spiro atoms. The fraction of sp³-hybridized carbons (Fsp3) is 0.294. The number of amides is 1. The highest BCUT2D eigenvalue weighted by Gasteiger charge is 2.16. The van der Waals surface area contributed by atoms with Gasteiger partial charge < -0.3 is 10.8 Å². The molecule has 1 amide bonds. The number of carbonyl (C=O) groups excluding carboxylic acids is 1. The van der Waals surface area contributed by atoms with Gasteiger partial charge in [0.2, 0.25) is 0 Å². The lowest BCUT2D eigenvalue weighted by atomic mass is 10.1. The normalized spacial score (nSPS) is 12.1. The lowest BCUT2D eigenvalue weighted by Crippen LogP contribution is -2.42. The van der Waals surface area contributed by atoms with Crippen molar-refractivity contribution in [3.8, 4) is 0 Å². The summed E-state index contributed by atoms with van der Waals surface area (Å²) in [5.74, 6) is -0.764. The van der Waals surface area contributed by atoms with Crippen LogP contribution in [0.5, 0.6) is 0 Å². The first-order chi connectivity index (χ1) is 13.3. The van der Waals surface area contributed by atoms with E-state index in [9.17, 15) is 19.5 Å². The van der Waals surface area contributed by atoms with Crippen LogP contribution in [0.4, 0.5) is 0 Å². The van der Waals surface area contributed by atoms with Gasteiger partial charge in [0.25, 0.3) is 11.5 Å². The Labute approximate surface area is 158 Å². The molecule has 0 saturated carbocycles. The summed E-state index contributed by atoms with van der Waals surface area (Å²) in [6.07, 6.45) is 0.249. The third kappa shape index (κ3) is 3.88. The molecule has 1 atom stereocenters. The van der Waals surface area contributed by atoms with E-state index < -0.39 is 23.3 Å². The number of hydrogen-bond donors (Lipinski definition) is 2. The number of nitrogens with two attached hydrogens (primary N) is 1. The summed E-state index contributed by atoms with van der Waals surface area (Å²) >= 11 is 0. The lowest BCUT2D eigenvalue weighted by Gasteiger charge is -2.10. The number of rotatable bonds is 6. The van der Waals surface area contributed by atoms with E-state index in [1.54, 1.807) is 0 Å². The van der Waals surface area contributed by atoms with E-state index in [2.05, 4.69) is 15.4 Å². The van der Waals surface area contributed by atoms with Gasteiger partial charge in [-0.05, 0) is 17.7 Å². The molecule has 0 bridgehead atoms. The second-order valence-electron chi connectivity index (χ2n) is 6.37. The quantitative estimate of drug-likeness (QED) is 0.536. The zero-order valence-corrected chi connectivity index (χ0v) is 15.3. The lowest BCUT2D eigenvalue weighted by molar-refractivity contribution is 0.0997. The molecule has 0 aliphatic rings. The summed E-state index contributed by atoms with van der Waals surface area (Å²) in [5.41, 5.74) is 5.23. The van der Waals surface area contributed by atoms with Crippen molar-refractivity contribution in [1.82, 2.24) is 29.3 Å². The monoisotopic (exact) mass is 385 g/mol. The summed E-state index contributed by atoms with van der Waals surface area (Å²) in [6, 6.07) is 7.41. The minimum absolute atomic E-state index is 0.0742. The second kappa shape index (κ2) is 7.56. The van der Waals surface area contributed by atoms with Gasteiger partial charge in [0.1, 0.15) is 11.7 Å². The number of tetrazole rings is 1. The molecule has 0 unspecified atom stereocenters. The third-order valence-electron chi connectivity index (χ3n) is 4.22. The van der Waals surface area contributed by atoms with Crippen LogP contribution >= 0.6 is 0 Å². The van der Waals surface area contributed by atoms with Gasteiger partial charge in [-0.2, -0.15) is 4.80 Å². The van der Waals surface area contributed by atoms with Gasteiger partial charge in [-0.15, -0.1) is 10.2 Å². The summed E-state index contributed by atoms with van der Waals surface area (Å²) in [5, 5.41) is 22.1. The van der Waals surface area contributed by atoms with Crippen LogP contribution in [-0.4, -0.2) is 40.4 Å². The molecule has 0 radical (unpaired) electrons. The Balaban J connectivity index is 1.80. The Morgan fingerprint density at radius 2 is 1.93 bits per heavy atom. The molecule has 0 saturated heterocycles. The average Bonchev–Trinajstić information content (AvgIpc) is 3.09. The van der Waals surface area contributed by atoms with Crippen LogP contribution in [0.2, 0.25) is 0 Å². The first-order valence-corrected chi connectivity index (χ1v) is 8.38. The predicted octanol–water partition coefficient (Wildman–Crippen LogP) is -1.28. The fourth-order valence-corrected chi connectivity index (χ4v) is 2.63. The molecule has 2 heterocycles. The average molecular weight is 385 g/mol. The molecule has 0 fully saturated rings. The van der Waals surface area contributed by atoms with Gasteiger partial charge in [0.15, 0.2) is 5.82 Å². The molecule has 11 heteroatoms. The zero-order valence-electron chi connectivity index (χ0n) is 15.3. The number of benzene rings is 1. The molecule has 3 rings (SSSR count). The summed E-state index contributed by atoms with van der Waals surface area (Å²) in [6.45, 7) is 1.91. The van der Waals surface area contributed by atoms with Crippen molar-refractivity contribution in [2.45, 2.75) is 26.1 Å². The van der Waals surface area contributed by atoms with E-state index >= 15 is 0 Å². The Bertz CT molecular complexity index is 1130. The van der Waals surface area contributed by atoms with Crippen molar-refractivity contribution in [3.05, 3.63) is 73.8 Å². The van der Waals surface area contributed by atoms with Crippen LogP contribution in [0.3, 0.4) is 0 Å². The standard InChI is InChI=1S/C17H19N7O4/c1-10-3-5-11(6-4-10)13(25)8-24-20-14(19-21-24)9-23-7-12(15(18)26)16(27)22(2)17(23)28/h3-7,13,25H,8-9H2,1-2H3,(H2,18,26)/t13-/m0/s1. The predicted molar refractivity (Wildman–Crippen MR) is 97.5 cm³/mol. The molecule has 2 aromatic heterocycles. The first-order valence-electron chi connectivity index (χ1n) is 8.38. The maximum absolute atomic E-state index is 12.2. The first kappa shape index (κ1) is 19.2. The van der Waals surface area contributed by atoms with Crippen molar-refractivity contribution >= 4 is 5.91 Å². The van der Waals surface area contributed by atoms with E-state index in [0.717, 1.165) is 20.9 Å². The van der Waals surface area contributed by atoms with Crippen molar-refractivity contribution in [1.29, 1.82) is 0 Å². The summed E-state index contributed by atoms with van der Waals surface area (Å²) in [4.78, 5) is 36.7. The molecule has 3 N–H and O–H groups in total. The minimum atomic E-state index is -0.938. The van der Waals surface area contributed by atoms with Crippen molar-refractivity contribution in [2.75, 3.05) is 0 Å². The van der Waals surface area contributed by atoms with Crippen molar-refractivity contribution in [3.63, 3.8) is 0 Å². The number of aryl methyl sites for hydroxylation is 1. The smallest absolute Gasteiger partial charge is 0.331 e. The number of aromatic nitrogens is 6. The van der Waals surface area contributed by atoms with Crippen LogP contribution in [0, 0.1) is 6.92 Å². The fourth-order valence-electron chi connectivity index (χ4n) is 2.63. The highest BCUT2D eigenvalue weighted by molar-refractivity contribution is 5.92. The van der Waals surface area contributed by atoms with Gasteiger partial charge in [-0.3, -0.25) is 18.7 Å². The van der Waals surface area contributed by atoms with Crippen LogP contribution < -0.4 is 17.0 Å². The number of nitrogens with zero attached hydrogens (tertiary/aromatic N) is 6. The Hall–Kier alpha value is -3.60. The Morgan fingerprint density at radius 3 is 2.57 bits per heavy atom. The van der Waals surface area contributed by atoms with Gasteiger partial charge >= 0.3 is 5.69 Å². The highest BCUT2D eigenvalue weighted by atomic mass is 16.3. The largest absolute Gasteiger partial charge is 0.386 e. The molecule has 28 heavy (non-hydrogen) atoms. The number of carbonyl (C=O) groups is 1. The van der Waals surface area contributed by atoms with Gasteiger partial charge in [-0.1, -0.05) is 29.8 Å². The van der Waals surface area contributed by atoms with Crippen LogP contribution in [0.1, 0.15) is 33.4 Å². The second-order valence-corrected chi connectivity index (χ2v) is 6.37. The highest BCUT2D eigenvalue weighted by Crippen LogP contribution is 2.14. The summed E-state index contributed by atoms with van der Waals surface area (Å²) in [7, 11) is 1.25. The van der Waals surface area contributed by atoms with E-state index in [4.69, 9.17) is 5.73 Å². The Kier molecular flexibility index (Phi) is 5.18. The molecular formula is C17H19N7O4. The minimum Gasteiger partial charge on any atom is -0.386 e. The third-order valence-corrected chi connectivity index (χ3v) is 4.22. The number of primary amides is 1. The number of hydrogen-bond acceptors (Lipinski definition) is 7. The van der Waals surface area contributed by atoms with Crippen LogP contribution in [-0.2, 0) is 20.1 Å². The maximum Gasteiger partial charge on any atom is 0.331 e. The van der Waals surface area contributed by atoms with Gasteiger partial charge in [-0.25, -0.2) is 4.79 Å². The summed E-state index contributed by atoms with van der Waals surface area (Å²) < 4.78 is 1.88. The molecule has 3 aromatic rings. The number of aliphatic hydroxyl groups is 1. The van der Waals surface area contributed by atoms with E-state index in [1.807, 2.05) is 31.2 Å². The van der Waals surface area contributed by atoms with Gasteiger partial charge in [0.05, 0.1) is 13.1 Å². The van der Waals surface area contributed by atoms with Crippen molar-refractivity contribution < 1.29 is 9.90 Å². The molecular weight excluding hydrogens is 366 g/mol. The topological polar surface area (TPSA) is 151 Å². The van der Waals surface area contributed by atoms with Crippen LogP contribution in [0.15, 0.2) is 40.1 Å². The van der Waals surface area contributed by atoms with E-state index in [-0.39, 0.29) is 24.5 Å².